The molecule has 0 aromatic heterocycles. The highest BCUT2D eigenvalue weighted by atomic mass is 19.1. The van der Waals surface area contributed by atoms with E-state index in [1.807, 2.05) is 31.2 Å². The van der Waals surface area contributed by atoms with Crippen LogP contribution in [-0.4, -0.2) is 23.7 Å². The van der Waals surface area contributed by atoms with Gasteiger partial charge in [-0.25, -0.2) is 8.78 Å². The van der Waals surface area contributed by atoms with Gasteiger partial charge in [-0.3, -0.25) is 4.79 Å². The molecule has 0 saturated heterocycles. The van der Waals surface area contributed by atoms with E-state index in [4.69, 9.17) is 5.11 Å². The van der Waals surface area contributed by atoms with Crippen LogP contribution < -0.4 is 10.6 Å². The van der Waals surface area contributed by atoms with Gasteiger partial charge in [-0.05, 0) is 41.8 Å². The molecular formula is C19H22F2N2O2. The number of halogens is 2. The fourth-order valence-corrected chi connectivity index (χ4v) is 2.40. The van der Waals surface area contributed by atoms with Crippen LogP contribution in [0.5, 0.6) is 0 Å². The highest BCUT2D eigenvalue weighted by Crippen LogP contribution is 2.13. The molecule has 2 aromatic rings. The second-order valence-electron chi connectivity index (χ2n) is 5.86. The second-order valence-corrected chi connectivity index (χ2v) is 5.86. The van der Waals surface area contributed by atoms with Crippen LogP contribution in [0.25, 0.3) is 0 Å². The first kappa shape index (κ1) is 18.9. The van der Waals surface area contributed by atoms with Crippen molar-refractivity contribution in [3.05, 3.63) is 65.2 Å². The molecule has 6 heteroatoms. The summed E-state index contributed by atoms with van der Waals surface area (Å²) in [5.41, 5.74) is 2.14. The highest BCUT2D eigenvalue weighted by molar-refractivity contribution is 5.79. The van der Waals surface area contributed by atoms with Gasteiger partial charge in [0.25, 0.3) is 0 Å². The molecule has 0 aliphatic heterocycles. The fourth-order valence-electron chi connectivity index (χ4n) is 2.40. The van der Waals surface area contributed by atoms with Crippen molar-refractivity contribution in [2.45, 2.75) is 32.4 Å². The van der Waals surface area contributed by atoms with Crippen molar-refractivity contribution >= 4 is 11.6 Å². The summed E-state index contributed by atoms with van der Waals surface area (Å²) in [7, 11) is 0. The lowest BCUT2D eigenvalue weighted by molar-refractivity contribution is -0.121. The Hall–Kier alpha value is -2.47. The average molecular weight is 348 g/mol. The van der Waals surface area contributed by atoms with E-state index in [1.54, 1.807) is 0 Å². The molecule has 1 amide bonds. The normalized spacial score (nSPS) is 11.8. The summed E-state index contributed by atoms with van der Waals surface area (Å²) >= 11 is 0. The van der Waals surface area contributed by atoms with E-state index in [0.717, 1.165) is 17.3 Å². The molecule has 2 aromatic carbocycles. The smallest absolute Gasteiger partial charge is 0.224 e. The Bertz CT molecular complexity index is 681. The lowest BCUT2D eigenvalue weighted by atomic mass is 10.1. The van der Waals surface area contributed by atoms with E-state index >= 15 is 0 Å². The number of hydrogen-bond acceptors (Lipinski definition) is 3. The first-order valence-corrected chi connectivity index (χ1v) is 8.18. The minimum atomic E-state index is -0.605. The standard InChI is InChI=1S/C19H22F2N2O2/c1-2-17(12-24)23-19(25)9-13-3-5-18(6-4-13)22-11-14-7-15(20)10-16(21)8-14/h3-8,10,17,22,24H,2,9,11-12H2,1H3,(H,23,25). The van der Waals surface area contributed by atoms with Crippen LogP contribution >= 0.6 is 0 Å². The lowest BCUT2D eigenvalue weighted by Crippen LogP contribution is -2.37. The van der Waals surface area contributed by atoms with Gasteiger partial charge in [-0.2, -0.15) is 0 Å². The molecule has 0 radical (unpaired) electrons. The zero-order chi connectivity index (χ0) is 18.2. The van der Waals surface area contributed by atoms with Crippen LogP contribution in [0.1, 0.15) is 24.5 Å². The van der Waals surface area contributed by atoms with Crippen molar-refractivity contribution in [3.8, 4) is 0 Å². The first-order chi connectivity index (χ1) is 12.0. The molecule has 134 valence electrons. The summed E-state index contributed by atoms with van der Waals surface area (Å²) in [4.78, 5) is 11.9. The summed E-state index contributed by atoms with van der Waals surface area (Å²) in [5.74, 6) is -1.35. The first-order valence-electron chi connectivity index (χ1n) is 8.18. The molecule has 25 heavy (non-hydrogen) atoms. The average Bonchev–Trinajstić information content (AvgIpc) is 2.58. The zero-order valence-electron chi connectivity index (χ0n) is 14.1. The summed E-state index contributed by atoms with van der Waals surface area (Å²) in [6.07, 6.45) is 0.900. The number of aliphatic hydroxyl groups excluding tert-OH is 1. The van der Waals surface area contributed by atoms with Gasteiger partial charge < -0.3 is 15.7 Å². The molecule has 2 rings (SSSR count). The molecule has 0 spiro atoms. The van der Waals surface area contributed by atoms with Crippen LogP contribution in [0.2, 0.25) is 0 Å². The van der Waals surface area contributed by atoms with Gasteiger partial charge in [0.05, 0.1) is 19.1 Å². The highest BCUT2D eigenvalue weighted by Gasteiger charge is 2.09. The van der Waals surface area contributed by atoms with Crippen LogP contribution in [0, 0.1) is 11.6 Å². The quantitative estimate of drug-likeness (QED) is 0.687. The maximum absolute atomic E-state index is 13.1. The van der Waals surface area contributed by atoms with E-state index < -0.39 is 11.6 Å². The summed E-state index contributed by atoms with van der Waals surface area (Å²) < 4.78 is 26.3. The van der Waals surface area contributed by atoms with Gasteiger partial charge in [0.15, 0.2) is 0 Å². The molecule has 1 atom stereocenters. The number of nitrogens with one attached hydrogen (secondary N) is 2. The lowest BCUT2D eigenvalue weighted by Gasteiger charge is -2.14. The maximum atomic E-state index is 13.1. The van der Waals surface area contributed by atoms with Crippen molar-refractivity contribution in [2.75, 3.05) is 11.9 Å². The summed E-state index contributed by atoms with van der Waals surface area (Å²) in [6, 6.07) is 10.4. The van der Waals surface area contributed by atoms with Crippen LogP contribution in [-0.2, 0) is 17.8 Å². The number of hydrogen-bond donors (Lipinski definition) is 3. The van der Waals surface area contributed by atoms with Crippen LogP contribution in [0.4, 0.5) is 14.5 Å². The molecule has 0 aliphatic rings. The van der Waals surface area contributed by atoms with Gasteiger partial charge in [-0.1, -0.05) is 19.1 Å². The monoisotopic (exact) mass is 348 g/mol. The number of rotatable bonds is 8. The Balaban J connectivity index is 1.88. The second kappa shape index (κ2) is 9.13. The Kier molecular flexibility index (Phi) is 6.89. The van der Waals surface area contributed by atoms with Crippen molar-refractivity contribution < 1.29 is 18.7 Å². The SMILES string of the molecule is CCC(CO)NC(=O)Cc1ccc(NCc2cc(F)cc(F)c2)cc1. The number of aliphatic hydroxyl groups is 1. The number of amides is 1. The van der Waals surface area contributed by atoms with E-state index in [0.29, 0.717) is 18.5 Å². The van der Waals surface area contributed by atoms with Crippen LogP contribution in [0.15, 0.2) is 42.5 Å². The Morgan fingerprint density at radius 2 is 1.72 bits per heavy atom. The molecule has 0 fully saturated rings. The van der Waals surface area contributed by atoms with Crippen molar-refractivity contribution in [1.29, 1.82) is 0 Å². The maximum Gasteiger partial charge on any atom is 0.224 e. The Labute approximate surface area is 145 Å². The summed E-state index contributed by atoms with van der Waals surface area (Å²) in [6.45, 7) is 2.11. The minimum Gasteiger partial charge on any atom is -0.394 e. The third-order valence-corrected chi connectivity index (χ3v) is 3.82. The van der Waals surface area contributed by atoms with Crippen molar-refractivity contribution in [1.82, 2.24) is 5.32 Å². The third kappa shape index (κ3) is 6.15. The molecular weight excluding hydrogens is 326 g/mol. The predicted octanol–water partition coefficient (Wildman–Crippen LogP) is 3.01. The Morgan fingerprint density at radius 1 is 1.08 bits per heavy atom. The summed E-state index contributed by atoms with van der Waals surface area (Å²) in [5, 5.41) is 14.9. The largest absolute Gasteiger partial charge is 0.394 e. The molecule has 0 saturated carbocycles. The van der Waals surface area contributed by atoms with Gasteiger partial charge in [-0.15, -0.1) is 0 Å². The molecule has 1 unspecified atom stereocenters. The van der Waals surface area contributed by atoms with E-state index in [2.05, 4.69) is 10.6 Å². The van der Waals surface area contributed by atoms with E-state index in [1.165, 1.54) is 12.1 Å². The molecule has 0 aliphatic carbocycles. The van der Waals surface area contributed by atoms with Gasteiger partial charge in [0, 0.05) is 18.3 Å². The number of carbonyl (C=O) groups excluding carboxylic acids is 1. The van der Waals surface area contributed by atoms with Gasteiger partial charge in [0.2, 0.25) is 5.91 Å². The van der Waals surface area contributed by atoms with Crippen molar-refractivity contribution in [2.24, 2.45) is 0 Å². The fraction of sp³-hybridized carbons (Fsp3) is 0.316. The molecule has 0 bridgehead atoms. The molecule has 0 heterocycles. The number of anilines is 1. The van der Waals surface area contributed by atoms with E-state index in [-0.39, 0.29) is 25.0 Å². The Morgan fingerprint density at radius 3 is 2.28 bits per heavy atom. The minimum absolute atomic E-state index is 0.0776. The van der Waals surface area contributed by atoms with Crippen LogP contribution in [0.3, 0.4) is 0 Å². The topological polar surface area (TPSA) is 61.4 Å². The van der Waals surface area contributed by atoms with Crippen molar-refractivity contribution in [3.63, 3.8) is 0 Å². The zero-order valence-corrected chi connectivity index (χ0v) is 14.1. The third-order valence-electron chi connectivity index (χ3n) is 3.82. The molecule has 4 nitrogen and oxygen atoms in total. The van der Waals surface area contributed by atoms with E-state index in [9.17, 15) is 13.6 Å². The van der Waals surface area contributed by atoms with Gasteiger partial charge in [0.1, 0.15) is 11.6 Å². The number of benzene rings is 2. The number of carbonyl (C=O) groups is 1. The van der Waals surface area contributed by atoms with Gasteiger partial charge >= 0.3 is 0 Å². The molecule has 3 N–H and O–H groups in total. The predicted molar refractivity (Wildman–Crippen MR) is 93.1 cm³/mol.